The SMILES string of the molecule is C=CC[Si](C)(C)C1=C(C[Si](OCC)(OCC)OCC)C[C]([Pt]([CH3])([CH3])[CH3])=C1[Si](C)(C)CC=C. The van der Waals surface area contributed by atoms with E-state index in [-0.39, 0.29) is 0 Å². The molecule has 0 fully saturated rings. The molecule has 0 aliphatic heterocycles. The van der Waals surface area contributed by atoms with Gasteiger partial charge < -0.3 is 0 Å². The Morgan fingerprint density at radius 2 is 1.19 bits per heavy atom. The number of hydrogen-bond acceptors (Lipinski definition) is 3. The van der Waals surface area contributed by atoms with Crippen molar-refractivity contribution < 1.29 is 29.3 Å². The fourth-order valence-electron chi connectivity index (χ4n) is 4.84. The molecule has 1 aliphatic rings. The molecule has 0 aromatic heterocycles. The van der Waals surface area contributed by atoms with Crippen LogP contribution in [0.4, 0.5) is 0 Å². The van der Waals surface area contributed by atoms with E-state index in [9.17, 15) is 0 Å². The average molecular weight is 678 g/mol. The first-order valence-electron chi connectivity index (χ1n) is 11.7. The first-order valence-corrected chi connectivity index (χ1v) is 28.0. The van der Waals surface area contributed by atoms with E-state index in [0.29, 0.717) is 19.8 Å². The van der Waals surface area contributed by atoms with Crippen LogP contribution in [0.3, 0.4) is 0 Å². The minimum atomic E-state index is -2.77. The summed E-state index contributed by atoms with van der Waals surface area (Å²) >= 11 is -2.01. The van der Waals surface area contributed by atoms with Crippen LogP contribution >= 0.6 is 0 Å². The molecule has 0 aromatic carbocycles. The summed E-state index contributed by atoms with van der Waals surface area (Å²) in [6.45, 7) is 26.5. The third-order valence-corrected chi connectivity index (χ3v) is 21.4. The van der Waals surface area contributed by atoms with E-state index in [4.69, 9.17) is 13.3 Å². The molecule has 0 amide bonds. The summed E-state index contributed by atoms with van der Waals surface area (Å²) in [6, 6.07) is 3.06. The summed E-state index contributed by atoms with van der Waals surface area (Å²) in [5.74, 6) is 0. The van der Waals surface area contributed by atoms with Crippen molar-refractivity contribution in [1.82, 2.24) is 0 Å². The average Bonchev–Trinajstić information content (AvgIpc) is 3.03. The maximum atomic E-state index is 6.33. The summed E-state index contributed by atoms with van der Waals surface area (Å²) < 4.78 is 20.8. The summed E-state index contributed by atoms with van der Waals surface area (Å²) in [5, 5.41) is 11.2. The minimum absolute atomic E-state index is 0.628. The fraction of sp³-hybridized carbons (Fsp3) is 0.680. The zero-order valence-electron chi connectivity index (χ0n) is 22.6. The first-order chi connectivity index (χ1) is 14.7. The van der Waals surface area contributed by atoms with Crippen molar-refractivity contribution in [2.45, 2.75) is 87.5 Å². The summed E-state index contributed by atoms with van der Waals surface area (Å²) in [5.41, 5.74) is 1.57. The third-order valence-electron chi connectivity index (χ3n) is 5.98. The van der Waals surface area contributed by atoms with Crippen LogP contribution < -0.4 is 0 Å². The summed E-state index contributed by atoms with van der Waals surface area (Å²) in [6.07, 6.45) is 5.40. The van der Waals surface area contributed by atoms with Gasteiger partial charge in [-0.2, -0.15) is 0 Å². The molecule has 0 heterocycles. The van der Waals surface area contributed by atoms with Crippen molar-refractivity contribution >= 4 is 25.0 Å². The predicted molar refractivity (Wildman–Crippen MR) is 147 cm³/mol. The molecule has 0 N–H and O–H groups in total. The quantitative estimate of drug-likeness (QED) is 0.129. The van der Waals surface area contributed by atoms with Gasteiger partial charge in [0, 0.05) is 0 Å². The van der Waals surface area contributed by atoms with Gasteiger partial charge in [-0.25, -0.2) is 0 Å². The molecule has 0 radical (unpaired) electrons. The van der Waals surface area contributed by atoms with Crippen LogP contribution in [0, 0.1) is 0 Å². The molecule has 0 bridgehead atoms. The van der Waals surface area contributed by atoms with Crippen molar-refractivity contribution in [2.75, 3.05) is 19.8 Å². The molecule has 0 saturated carbocycles. The van der Waals surface area contributed by atoms with Crippen molar-refractivity contribution in [3.05, 3.63) is 45.2 Å². The van der Waals surface area contributed by atoms with Gasteiger partial charge in [-0.05, 0) is 0 Å². The first kappa shape index (κ1) is 30.2. The van der Waals surface area contributed by atoms with Gasteiger partial charge in [0.2, 0.25) is 0 Å². The van der Waals surface area contributed by atoms with E-state index < -0.39 is 41.0 Å². The molecular formula is C25H50O3PtSi3. The van der Waals surface area contributed by atoms with Crippen LogP contribution in [-0.2, 0) is 29.3 Å². The molecule has 0 aromatic rings. The zero-order chi connectivity index (χ0) is 24.8. The van der Waals surface area contributed by atoms with Crippen LogP contribution in [0.25, 0.3) is 0 Å². The second kappa shape index (κ2) is 12.2. The van der Waals surface area contributed by atoms with Crippen LogP contribution in [0.1, 0.15) is 27.2 Å². The molecule has 0 saturated heterocycles. The van der Waals surface area contributed by atoms with E-state index in [1.165, 1.54) is 0 Å². The third kappa shape index (κ3) is 7.34. The molecule has 3 nitrogen and oxygen atoms in total. The van der Waals surface area contributed by atoms with Crippen LogP contribution in [0.5, 0.6) is 0 Å². The molecule has 0 atom stereocenters. The molecule has 0 spiro atoms. The summed E-state index contributed by atoms with van der Waals surface area (Å²) in [4.78, 5) is 0. The zero-order valence-corrected chi connectivity index (χ0v) is 27.8. The Bertz CT molecular complexity index is 716. The molecule has 1 rings (SSSR count). The van der Waals surface area contributed by atoms with E-state index >= 15 is 0 Å². The van der Waals surface area contributed by atoms with Crippen molar-refractivity contribution in [1.29, 1.82) is 0 Å². The molecule has 7 heteroatoms. The van der Waals surface area contributed by atoms with Gasteiger partial charge in [0.05, 0.1) is 0 Å². The maximum absolute atomic E-state index is 6.33. The van der Waals surface area contributed by atoms with E-state index in [0.717, 1.165) is 24.6 Å². The summed E-state index contributed by atoms with van der Waals surface area (Å²) in [7, 11) is -6.18. The van der Waals surface area contributed by atoms with Crippen molar-refractivity contribution in [2.24, 2.45) is 0 Å². The van der Waals surface area contributed by atoms with Gasteiger partial charge in [-0.3, -0.25) is 0 Å². The fourth-order valence-corrected chi connectivity index (χ4v) is 23.4. The molecule has 1 aliphatic carbocycles. The van der Waals surface area contributed by atoms with Gasteiger partial charge >= 0.3 is 207 Å². The van der Waals surface area contributed by atoms with Gasteiger partial charge in [-0.15, -0.1) is 0 Å². The predicted octanol–water partition coefficient (Wildman–Crippen LogP) is 8.15. The van der Waals surface area contributed by atoms with Crippen molar-refractivity contribution in [3.63, 3.8) is 0 Å². The Hall–Kier alpha value is 0.179. The van der Waals surface area contributed by atoms with Gasteiger partial charge in [-0.1, -0.05) is 0 Å². The molecular weight excluding hydrogens is 628 g/mol. The Kier molecular flexibility index (Phi) is 11.5. The Balaban J connectivity index is 3.84. The number of rotatable bonds is 15. The molecule has 0 unspecified atom stereocenters. The van der Waals surface area contributed by atoms with Crippen molar-refractivity contribution in [3.8, 4) is 0 Å². The standard InChI is InChI=1S/C22H41O3Si3.3CH3.Pt/c1-10-17-26(6,7)21-16-15-20(22(21)27(8,9)18-11-2)19-28(23-12-3,24-13-4)25-14-5;;;;/h10-11H,1-2,12-15,17-19H2,3-9H3;3*1H3;. The van der Waals surface area contributed by atoms with Gasteiger partial charge in [0.1, 0.15) is 0 Å². The number of hydrogen-bond donors (Lipinski definition) is 0. The van der Waals surface area contributed by atoms with Crippen LogP contribution in [-0.4, -0.2) is 44.8 Å². The molecule has 32 heavy (non-hydrogen) atoms. The van der Waals surface area contributed by atoms with E-state index in [1.54, 1.807) is 19.9 Å². The Morgan fingerprint density at radius 3 is 1.53 bits per heavy atom. The van der Waals surface area contributed by atoms with E-state index in [2.05, 4.69) is 88.2 Å². The van der Waals surface area contributed by atoms with E-state index in [1.807, 2.05) is 0 Å². The van der Waals surface area contributed by atoms with Crippen LogP contribution in [0.2, 0.25) is 60.3 Å². The van der Waals surface area contributed by atoms with Crippen LogP contribution in [0.15, 0.2) is 45.2 Å². The monoisotopic (exact) mass is 677 g/mol. The normalized spacial score (nSPS) is 16.7. The second-order valence-electron chi connectivity index (χ2n) is 10.2. The Morgan fingerprint density at radius 1 is 0.781 bits per heavy atom. The van der Waals surface area contributed by atoms with Gasteiger partial charge in [0.15, 0.2) is 0 Å². The molecule has 190 valence electrons. The second-order valence-corrected chi connectivity index (χ2v) is 33.8. The topological polar surface area (TPSA) is 27.7 Å². The number of allylic oxidation sites excluding steroid dienone is 6. The Labute approximate surface area is 206 Å². The van der Waals surface area contributed by atoms with Gasteiger partial charge in [0.25, 0.3) is 0 Å².